The minimum absolute atomic E-state index is 0.0131. The van der Waals surface area contributed by atoms with Crippen molar-refractivity contribution in [2.45, 2.75) is 44.6 Å². The second-order valence-electron chi connectivity index (χ2n) is 9.43. The van der Waals surface area contributed by atoms with Crippen molar-refractivity contribution in [2.24, 2.45) is 5.73 Å². The second-order valence-corrected chi connectivity index (χ2v) is 9.43. The van der Waals surface area contributed by atoms with Crippen LogP contribution in [0.1, 0.15) is 42.2 Å². The van der Waals surface area contributed by atoms with E-state index < -0.39 is 12.2 Å². The maximum Gasteiger partial charge on any atom is 0.408 e. The Kier molecular flexibility index (Phi) is 6.13. The molecule has 0 bridgehead atoms. The molecule has 1 aromatic carbocycles. The maximum atomic E-state index is 14.1. The van der Waals surface area contributed by atoms with Crippen LogP contribution in [0.4, 0.5) is 13.2 Å². The third-order valence-electron chi connectivity index (χ3n) is 6.28. The Morgan fingerprint density at radius 3 is 2.61 bits per heavy atom. The molecular weight excluding hydrogens is 471 g/mol. The number of fused-ring (bicyclic) bond motifs is 2. The Balaban J connectivity index is 1.55. The summed E-state index contributed by atoms with van der Waals surface area (Å²) in [4.78, 5) is 18.4. The van der Waals surface area contributed by atoms with Crippen LogP contribution in [0.25, 0.3) is 28.1 Å². The minimum atomic E-state index is -4.47. The molecule has 1 saturated heterocycles. The van der Waals surface area contributed by atoms with E-state index in [9.17, 15) is 18.0 Å². The Morgan fingerprint density at radius 1 is 1.14 bits per heavy atom. The minimum Gasteiger partial charge on any atom is -0.350 e. The van der Waals surface area contributed by atoms with Crippen molar-refractivity contribution in [2.75, 3.05) is 13.1 Å². The van der Waals surface area contributed by atoms with Crippen LogP contribution >= 0.6 is 0 Å². The van der Waals surface area contributed by atoms with E-state index in [0.29, 0.717) is 34.7 Å². The fraction of sp³-hybridized carbons (Fsp3) is 0.360. The van der Waals surface area contributed by atoms with E-state index in [2.05, 4.69) is 20.5 Å². The highest BCUT2D eigenvalue weighted by Crippen LogP contribution is 2.39. The van der Waals surface area contributed by atoms with Gasteiger partial charge in [-0.2, -0.15) is 13.2 Å². The van der Waals surface area contributed by atoms with E-state index in [0.717, 1.165) is 5.39 Å². The number of nitrogens with one attached hydrogen (secondary N) is 1. The van der Waals surface area contributed by atoms with Crippen LogP contribution in [0.15, 0.2) is 48.7 Å². The standard InChI is InChI=1S/C25H26F3N7O/c1-14(2)30-24(36)16-4-3-15-5-7-19(31-20(15)11-16)23-33-32-21-8-6-17(12-35(21)23)22(25(26,27)28)34-10-9-18(29)13-34/h3-8,11-12,14,18,22H,9-10,13,29H2,1-2H3,(H,30,36)/t18?,22-/m0/s1. The highest BCUT2D eigenvalue weighted by atomic mass is 19.4. The van der Waals surface area contributed by atoms with E-state index in [4.69, 9.17) is 5.73 Å². The lowest BCUT2D eigenvalue weighted by atomic mass is 10.1. The molecule has 36 heavy (non-hydrogen) atoms. The number of likely N-dealkylation sites (tertiary alicyclic amines) is 1. The number of alkyl halides is 3. The van der Waals surface area contributed by atoms with Crippen LogP contribution in [0.2, 0.25) is 0 Å². The molecule has 0 saturated carbocycles. The van der Waals surface area contributed by atoms with Gasteiger partial charge in [-0.15, -0.1) is 10.2 Å². The number of rotatable bonds is 5. The third kappa shape index (κ3) is 4.63. The van der Waals surface area contributed by atoms with Crippen LogP contribution in [0, 0.1) is 0 Å². The fourth-order valence-corrected chi connectivity index (χ4v) is 4.63. The van der Waals surface area contributed by atoms with Gasteiger partial charge in [0.1, 0.15) is 11.7 Å². The lowest BCUT2D eigenvalue weighted by molar-refractivity contribution is -0.183. The molecule has 2 atom stereocenters. The van der Waals surface area contributed by atoms with Crippen molar-refractivity contribution in [3.05, 3.63) is 59.8 Å². The van der Waals surface area contributed by atoms with Gasteiger partial charge in [0, 0.05) is 42.3 Å². The molecule has 0 aliphatic carbocycles. The number of aromatic nitrogens is 4. The number of carbonyl (C=O) groups is 1. The molecule has 1 aliphatic rings. The number of nitrogens with zero attached hydrogens (tertiary/aromatic N) is 5. The molecule has 4 aromatic rings. The summed E-state index contributed by atoms with van der Waals surface area (Å²) in [6.45, 7) is 4.20. The Bertz CT molecular complexity index is 1430. The normalized spacial score (nSPS) is 17.8. The lowest BCUT2D eigenvalue weighted by Gasteiger charge is -2.30. The van der Waals surface area contributed by atoms with Crippen molar-refractivity contribution >= 4 is 22.5 Å². The summed E-state index contributed by atoms with van der Waals surface area (Å²) < 4.78 is 43.9. The molecule has 1 amide bonds. The number of nitrogens with two attached hydrogens (primary N) is 1. The lowest BCUT2D eigenvalue weighted by Crippen LogP contribution is -2.38. The van der Waals surface area contributed by atoms with Crippen molar-refractivity contribution in [3.8, 4) is 11.5 Å². The predicted molar refractivity (Wildman–Crippen MR) is 129 cm³/mol. The van der Waals surface area contributed by atoms with Crippen molar-refractivity contribution < 1.29 is 18.0 Å². The number of hydrogen-bond donors (Lipinski definition) is 2. The highest BCUT2D eigenvalue weighted by molar-refractivity contribution is 5.98. The summed E-state index contributed by atoms with van der Waals surface area (Å²) >= 11 is 0. The molecule has 0 radical (unpaired) electrons. The first-order valence-electron chi connectivity index (χ1n) is 11.7. The zero-order valence-corrected chi connectivity index (χ0v) is 19.8. The number of carbonyl (C=O) groups excluding carboxylic acids is 1. The summed E-state index contributed by atoms with van der Waals surface area (Å²) in [6, 6.07) is 9.66. The summed E-state index contributed by atoms with van der Waals surface area (Å²) in [6.07, 6.45) is -2.53. The van der Waals surface area contributed by atoms with Crippen LogP contribution in [-0.4, -0.2) is 61.7 Å². The average molecular weight is 498 g/mol. The van der Waals surface area contributed by atoms with Crippen LogP contribution < -0.4 is 11.1 Å². The highest BCUT2D eigenvalue weighted by Gasteiger charge is 2.46. The zero-order chi connectivity index (χ0) is 25.6. The van der Waals surface area contributed by atoms with Gasteiger partial charge in [0.05, 0.1) is 5.52 Å². The topological polar surface area (TPSA) is 101 Å². The smallest absolute Gasteiger partial charge is 0.350 e. The van der Waals surface area contributed by atoms with Gasteiger partial charge in [-0.05, 0) is 50.1 Å². The first-order valence-corrected chi connectivity index (χ1v) is 11.7. The quantitative estimate of drug-likeness (QED) is 0.436. The third-order valence-corrected chi connectivity index (χ3v) is 6.28. The number of pyridine rings is 2. The largest absolute Gasteiger partial charge is 0.408 e. The molecule has 1 unspecified atom stereocenters. The molecule has 1 aliphatic heterocycles. The monoisotopic (exact) mass is 497 g/mol. The van der Waals surface area contributed by atoms with E-state index in [1.807, 2.05) is 19.9 Å². The van der Waals surface area contributed by atoms with Gasteiger partial charge >= 0.3 is 6.18 Å². The molecule has 3 N–H and O–H groups in total. The summed E-state index contributed by atoms with van der Waals surface area (Å²) in [5.74, 6) is 0.0985. The van der Waals surface area contributed by atoms with Crippen molar-refractivity contribution in [3.63, 3.8) is 0 Å². The molecule has 4 heterocycles. The maximum absolute atomic E-state index is 14.1. The second kappa shape index (κ2) is 9.14. The number of amides is 1. The van der Waals surface area contributed by atoms with E-state index in [-0.39, 0.29) is 36.6 Å². The van der Waals surface area contributed by atoms with Gasteiger partial charge in [0.25, 0.3) is 5.91 Å². The summed E-state index contributed by atoms with van der Waals surface area (Å²) in [7, 11) is 0. The van der Waals surface area contributed by atoms with Crippen molar-refractivity contribution in [1.29, 1.82) is 0 Å². The molecule has 5 rings (SSSR count). The van der Waals surface area contributed by atoms with Crippen LogP contribution in [-0.2, 0) is 0 Å². The van der Waals surface area contributed by atoms with Gasteiger partial charge in [0.2, 0.25) is 0 Å². The first-order chi connectivity index (χ1) is 17.1. The van der Waals surface area contributed by atoms with Gasteiger partial charge in [-0.3, -0.25) is 14.1 Å². The van der Waals surface area contributed by atoms with Crippen LogP contribution in [0.3, 0.4) is 0 Å². The summed E-state index contributed by atoms with van der Waals surface area (Å²) in [5, 5.41) is 12.0. The molecular formula is C25H26F3N7O. The summed E-state index contributed by atoms with van der Waals surface area (Å²) in [5.41, 5.74) is 7.83. The average Bonchev–Trinajstić information content (AvgIpc) is 3.43. The molecule has 188 valence electrons. The molecule has 8 nitrogen and oxygen atoms in total. The van der Waals surface area contributed by atoms with Gasteiger partial charge in [0.15, 0.2) is 11.5 Å². The molecule has 1 fully saturated rings. The van der Waals surface area contributed by atoms with Gasteiger partial charge in [-0.25, -0.2) is 4.98 Å². The van der Waals surface area contributed by atoms with Crippen LogP contribution in [0.5, 0.6) is 0 Å². The number of halogens is 3. The molecule has 3 aromatic heterocycles. The Hall–Kier alpha value is -3.57. The van der Waals surface area contributed by atoms with E-state index in [1.54, 1.807) is 24.3 Å². The fourth-order valence-electron chi connectivity index (χ4n) is 4.63. The predicted octanol–water partition coefficient (Wildman–Crippen LogP) is 3.72. The molecule has 0 spiro atoms. The SMILES string of the molecule is CC(C)NC(=O)c1ccc2ccc(-c3nnc4ccc([C@H](N5CCC(N)C5)C(F)(F)F)cn34)nc2c1. The van der Waals surface area contributed by atoms with Gasteiger partial charge < -0.3 is 11.1 Å². The first kappa shape index (κ1) is 24.1. The molecule has 11 heteroatoms. The van der Waals surface area contributed by atoms with E-state index in [1.165, 1.54) is 27.6 Å². The Labute approximate surface area is 205 Å². The number of hydrogen-bond acceptors (Lipinski definition) is 6. The number of benzene rings is 1. The van der Waals surface area contributed by atoms with Crippen molar-refractivity contribution in [1.82, 2.24) is 29.8 Å². The van der Waals surface area contributed by atoms with E-state index >= 15 is 0 Å². The Morgan fingerprint density at radius 2 is 1.92 bits per heavy atom. The van der Waals surface area contributed by atoms with Gasteiger partial charge in [-0.1, -0.05) is 18.2 Å². The zero-order valence-electron chi connectivity index (χ0n) is 19.8.